The third-order valence-corrected chi connectivity index (χ3v) is 1.64. The van der Waals surface area contributed by atoms with Crippen LogP contribution >= 0.6 is 0 Å². The normalized spacial score (nSPS) is 15.5. The van der Waals surface area contributed by atoms with E-state index in [0.29, 0.717) is 5.22 Å². The summed E-state index contributed by atoms with van der Waals surface area (Å²) in [6.07, 6.45) is 1.87. The van der Waals surface area contributed by atoms with Gasteiger partial charge in [-0.2, -0.15) is 0 Å². The minimum atomic E-state index is -0.137. The first-order valence-corrected chi connectivity index (χ1v) is 3.63. The molecule has 0 aliphatic heterocycles. The van der Waals surface area contributed by atoms with Crippen molar-refractivity contribution in [1.29, 1.82) is 0 Å². The maximum Gasteiger partial charge on any atom is 0.106 e. The zero-order valence-electron chi connectivity index (χ0n) is 7.03. The molecule has 60 valence electrons. The number of aromatic nitrogens is 1. The first-order chi connectivity index (χ1) is 5.15. The quantitative estimate of drug-likeness (QED) is 0.577. The molecular weight excluding hydrogens is 141 g/mol. The summed E-state index contributed by atoms with van der Waals surface area (Å²) in [4.78, 5) is 3.06. The topological polar surface area (TPSA) is 15.8 Å². The van der Waals surface area contributed by atoms with Gasteiger partial charge in [-0.15, -0.1) is 0 Å². The predicted octanol–water partition coefficient (Wildman–Crippen LogP) is 1.22. The second kappa shape index (κ2) is 2.91. The molecule has 0 unspecified atom stereocenters. The molecule has 0 radical (unpaired) electrons. The Morgan fingerprint density at radius 2 is 2.27 bits per heavy atom. The molecular formula is C9H12FN. The lowest BCUT2D eigenvalue weighted by Crippen LogP contribution is -2.22. The molecule has 0 aromatic carbocycles. The molecule has 1 heterocycles. The molecule has 0 amide bonds. The minimum absolute atomic E-state index is 0.137. The number of aryl methyl sites for hydroxylation is 1. The summed E-state index contributed by atoms with van der Waals surface area (Å²) in [5.41, 5.74) is 0.991. The van der Waals surface area contributed by atoms with Crippen molar-refractivity contribution in [2.75, 3.05) is 0 Å². The Kier molecular flexibility index (Phi) is 2.13. The molecule has 0 fully saturated rings. The van der Waals surface area contributed by atoms with Gasteiger partial charge in [-0.05, 0) is 26.8 Å². The SMILES string of the molecule is C/C=c1/[nH]c(C)c/c1=C(/C)F. The summed E-state index contributed by atoms with van der Waals surface area (Å²) in [5.74, 6) is -0.137. The number of aromatic amines is 1. The highest BCUT2D eigenvalue weighted by atomic mass is 19.1. The zero-order valence-corrected chi connectivity index (χ0v) is 7.03. The van der Waals surface area contributed by atoms with Crippen LogP contribution in [0.25, 0.3) is 11.9 Å². The van der Waals surface area contributed by atoms with Gasteiger partial charge in [0.15, 0.2) is 0 Å². The number of hydrogen-bond acceptors (Lipinski definition) is 0. The van der Waals surface area contributed by atoms with Crippen molar-refractivity contribution in [2.24, 2.45) is 0 Å². The lowest BCUT2D eigenvalue weighted by molar-refractivity contribution is 0.740. The molecule has 0 bridgehead atoms. The third kappa shape index (κ3) is 1.50. The second-order valence-corrected chi connectivity index (χ2v) is 2.60. The van der Waals surface area contributed by atoms with Crippen LogP contribution in [0.4, 0.5) is 4.39 Å². The van der Waals surface area contributed by atoms with Crippen molar-refractivity contribution < 1.29 is 4.39 Å². The Morgan fingerprint density at radius 3 is 2.64 bits per heavy atom. The van der Waals surface area contributed by atoms with Crippen LogP contribution < -0.4 is 10.6 Å². The number of rotatable bonds is 0. The van der Waals surface area contributed by atoms with E-state index in [1.807, 2.05) is 26.0 Å². The molecule has 0 spiro atoms. The van der Waals surface area contributed by atoms with Crippen LogP contribution in [0.5, 0.6) is 0 Å². The fraction of sp³-hybridized carbons (Fsp3) is 0.333. The van der Waals surface area contributed by atoms with Crippen LogP contribution in [0.15, 0.2) is 6.07 Å². The number of H-pyrrole nitrogens is 1. The molecule has 1 rings (SSSR count). The van der Waals surface area contributed by atoms with E-state index in [-0.39, 0.29) is 5.83 Å². The van der Waals surface area contributed by atoms with Crippen molar-refractivity contribution >= 4 is 11.9 Å². The highest BCUT2D eigenvalue weighted by Crippen LogP contribution is 1.89. The van der Waals surface area contributed by atoms with Crippen LogP contribution in [0.2, 0.25) is 0 Å². The van der Waals surface area contributed by atoms with Gasteiger partial charge >= 0.3 is 0 Å². The Hall–Kier alpha value is -1.05. The summed E-state index contributed by atoms with van der Waals surface area (Å²) in [6.45, 7) is 5.27. The number of halogens is 1. The zero-order chi connectivity index (χ0) is 8.43. The standard InChI is InChI=1S/C9H12FN/c1-4-9-8(7(3)10)5-6(2)11-9/h4-5,11H,1-3H3/b8-7+,9-4+. The summed E-state index contributed by atoms with van der Waals surface area (Å²) >= 11 is 0. The smallest absolute Gasteiger partial charge is 0.106 e. The maximum absolute atomic E-state index is 12.8. The van der Waals surface area contributed by atoms with E-state index in [9.17, 15) is 4.39 Å². The molecule has 0 aliphatic carbocycles. The van der Waals surface area contributed by atoms with E-state index >= 15 is 0 Å². The largest absolute Gasteiger partial charge is 0.359 e. The van der Waals surface area contributed by atoms with E-state index in [4.69, 9.17) is 0 Å². The van der Waals surface area contributed by atoms with Crippen LogP contribution in [0.3, 0.4) is 0 Å². The van der Waals surface area contributed by atoms with Gasteiger partial charge < -0.3 is 4.98 Å². The van der Waals surface area contributed by atoms with Gasteiger partial charge in [0, 0.05) is 16.3 Å². The third-order valence-electron chi connectivity index (χ3n) is 1.64. The van der Waals surface area contributed by atoms with Gasteiger partial charge in [-0.1, -0.05) is 6.08 Å². The van der Waals surface area contributed by atoms with Crippen molar-refractivity contribution in [1.82, 2.24) is 4.98 Å². The van der Waals surface area contributed by atoms with Gasteiger partial charge in [-0.3, -0.25) is 0 Å². The molecule has 0 atom stereocenters. The van der Waals surface area contributed by atoms with Crippen LogP contribution in [0, 0.1) is 6.92 Å². The fourth-order valence-corrected chi connectivity index (χ4v) is 1.12. The number of hydrogen-bond donors (Lipinski definition) is 1. The highest BCUT2D eigenvalue weighted by molar-refractivity contribution is 5.35. The summed E-state index contributed by atoms with van der Waals surface area (Å²) in [6, 6.07) is 1.81. The molecule has 11 heavy (non-hydrogen) atoms. The Labute approximate surface area is 65.3 Å². The van der Waals surface area contributed by atoms with E-state index < -0.39 is 0 Å². The van der Waals surface area contributed by atoms with Crippen molar-refractivity contribution in [3.8, 4) is 0 Å². The fourth-order valence-electron chi connectivity index (χ4n) is 1.12. The van der Waals surface area contributed by atoms with Crippen LogP contribution in [-0.2, 0) is 0 Å². The molecule has 0 saturated heterocycles. The lowest BCUT2D eigenvalue weighted by atomic mass is 10.3. The molecule has 1 N–H and O–H groups in total. The van der Waals surface area contributed by atoms with Gasteiger partial charge in [-0.25, -0.2) is 4.39 Å². The van der Waals surface area contributed by atoms with Crippen molar-refractivity contribution in [2.45, 2.75) is 20.8 Å². The Bertz CT molecular complexity index is 355. The summed E-state index contributed by atoms with van der Waals surface area (Å²) < 4.78 is 12.8. The molecule has 1 aromatic rings. The van der Waals surface area contributed by atoms with Crippen molar-refractivity contribution in [3.63, 3.8) is 0 Å². The molecule has 1 aromatic heterocycles. The maximum atomic E-state index is 12.8. The van der Waals surface area contributed by atoms with Gasteiger partial charge in [0.2, 0.25) is 0 Å². The first kappa shape index (κ1) is 8.05. The predicted molar refractivity (Wildman–Crippen MR) is 45.1 cm³/mol. The summed E-state index contributed by atoms with van der Waals surface area (Å²) in [5, 5.41) is 1.53. The van der Waals surface area contributed by atoms with Gasteiger partial charge in [0.05, 0.1) is 0 Å². The van der Waals surface area contributed by atoms with Gasteiger partial charge in [0.1, 0.15) is 5.83 Å². The number of nitrogens with one attached hydrogen (secondary N) is 1. The van der Waals surface area contributed by atoms with Gasteiger partial charge in [0.25, 0.3) is 0 Å². The molecule has 2 heteroatoms. The van der Waals surface area contributed by atoms with Crippen LogP contribution in [-0.4, -0.2) is 4.98 Å². The Morgan fingerprint density at radius 1 is 1.64 bits per heavy atom. The Balaban J connectivity index is 3.63. The summed E-state index contributed by atoms with van der Waals surface area (Å²) in [7, 11) is 0. The second-order valence-electron chi connectivity index (χ2n) is 2.60. The monoisotopic (exact) mass is 153 g/mol. The van der Waals surface area contributed by atoms with Crippen molar-refractivity contribution in [3.05, 3.63) is 22.3 Å². The average molecular weight is 153 g/mol. The first-order valence-electron chi connectivity index (χ1n) is 3.63. The molecule has 0 saturated carbocycles. The highest BCUT2D eigenvalue weighted by Gasteiger charge is 1.93. The van der Waals surface area contributed by atoms with E-state index in [1.54, 1.807) is 0 Å². The van der Waals surface area contributed by atoms with E-state index in [1.165, 1.54) is 6.92 Å². The average Bonchev–Trinajstić information content (AvgIpc) is 2.30. The minimum Gasteiger partial charge on any atom is -0.359 e. The van der Waals surface area contributed by atoms with Crippen LogP contribution in [0.1, 0.15) is 19.5 Å². The molecule has 1 nitrogen and oxygen atoms in total. The molecule has 0 aliphatic rings. The van der Waals surface area contributed by atoms with E-state index in [0.717, 1.165) is 11.0 Å². The van der Waals surface area contributed by atoms with E-state index in [2.05, 4.69) is 4.98 Å². The lowest BCUT2D eigenvalue weighted by Gasteiger charge is -1.79.